The smallest absolute Gasteiger partial charge is 0.255 e. The molecule has 0 fully saturated rings. The molecule has 2 aromatic rings. The van der Waals surface area contributed by atoms with Gasteiger partial charge in [0, 0.05) is 0 Å². The Kier molecular flexibility index (Phi) is 4.18. The van der Waals surface area contributed by atoms with Crippen molar-refractivity contribution >= 4 is 21.8 Å². The van der Waals surface area contributed by atoms with Gasteiger partial charge in [-0.05, 0) is 23.8 Å². The molecule has 0 saturated carbocycles. The third-order valence-electron chi connectivity index (χ3n) is 2.54. The average Bonchev–Trinajstić information content (AvgIpc) is 2.47. The molecule has 1 N–H and O–H groups in total. The summed E-state index contributed by atoms with van der Waals surface area (Å²) < 4.78 is 26.2. The maximum absolute atomic E-state index is 11.9. The van der Waals surface area contributed by atoms with E-state index < -0.39 is 10.0 Å². The van der Waals surface area contributed by atoms with Crippen LogP contribution in [-0.4, -0.2) is 8.42 Å². The maximum atomic E-state index is 11.9. The minimum atomic E-state index is -3.65. The number of benzene rings is 2. The van der Waals surface area contributed by atoms with Gasteiger partial charge in [-0.1, -0.05) is 42.5 Å². The lowest BCUT2D eigenvalue weighted by Gasteiger charge is -2.05. The number of hydrogen-bond acceptors (Lipinski definition) is 3. The molecule has 0 unspecified atom stereocenters. The highest BCUT2D eigenvalue weighted by molar-refractivity contribution is 7.95. The fraction of sp³-hybridized carbons (Fsp3) is 0. The number of para-hydroxylation sites is 1. The largest absolute Gasteiger partial charge is 0.279 e. The number of nitrogens with one attached hydrogen (secondary N) is 1. The molecule has 5 heteroatoms. The quantitative estimate of drug-likeness (QED) is 0.938. The lowest BCUT2D eigenvalue weighted by atomic mass is 10.2. The first kappa shape index (κ1) is 13.8. The monoisotopic (exact) mass is 284 g/mol. The Hall–Kier alpha value is -2.58. The molecule has 100 valence electrons. The number of anilines is 1. The van der Waals surface area contributed by atoms with Gasteiger partial charge in [0.25, 0.3) is 10.0 Å². The third-order valence-corrected chi connectivity index (χ3v) is 3.54. The molecule has 0 radical (unpaired) electrons. The average molecular weight is 284 g/mol. The van der Waals surface area contributed by atoms with Gasteiger partial charge in [0.05, 0.1) is 16.7 Å². The number of rotatable bonds is 4. The molecule has 2 aromatic carbocycles. The summed E-state index contributed by atoms with van der Waals surface area (Å²) in [6, 6.07) is 17.5. The summed E-state index contributed by atoms with van der Waals surface area (Å²) in [5.41, 5.74) is 1.34. The molecule has 0 aliphatic rings. The lowest BCUT2D eigenvalue weighted by Crippen LogP contribution is -2.09. The molecular formula is C15H12N2O2S. The van der Waals surface area contributed by atoms with E-state index in [1.165, 1.54) is 6.08 Å². The molecule has 20 heavy (non-hydrogen) atoms. The van der Waals surface area contributed by atoms with Crippen LogP contribution in [0.3, 0.4) is 0 Å². The van der Waals surface area contributed by atoms with Crippen molar-refractivity contribution in [3.05, 3.63) is 71.1 Å². The molecule has 0 aliphatic heterocycles. The summed E-state index contributed by atoms with van der Waals surface area (Å²) in [5, 5.41) is 10.0. The van der Waals surface area contributed by atoms with Gasteiger partial charge in [-0.15, -0.1) is 0 Å². The summed E-state index contributed by atoms with van der Waals surface area (Å²) in [5.74, 6) is 0. The SMILES string of the molecule is N#Cc1ccccc1NS(=O)(=O)/C=C/c1ccccc1. The van der Waals surface area contributed by atoms with Gasteiger partial charge < -0.3 is 0 Å². The van der Waals surface area contributed by atoms with Crippen LogP contribution in [0.2, 0.25) is 0 Å². The van der Waals surface area contributed by atoms with E-state index in [9.17, 15) is 8.42 Å². The maximum Gasteiger partial charge on any atom is 0.255 e. The molecule has 0 heterocycles. The van der Waals surface area contributed by atoms with E-state index in [4.69, 9.17) is 5.26 Å². The Morgan fingerprint density at radius 3 is 2.35 bits per heavy atom. The summed E-state index contributed by atoms with van der Waals surface area (Å²) in [4.78, 5) is 0. The first-order valence-electron chi connectivity index (χ1n) is 5.86. The van der Waals surface area contributed by atoms with Crippen LogP contribution in [0.5, 0.6) is 0 Å². The minimum absolute atomic E-state index is 0.271. The minimum Gasteiger partial charge on any atom is -0.279 e. The molecule has 2 rings (SSSR count). The summed E-state index contributed by atoms with van der Waals surface area (Å²) in [6.45, 7) is 0. The zero-order chi connectivity index (χ0) is 14.4. The third kappa shape index (κ3) is 3.70. The normalized spacial score (nSPS) is 11.2. The lowest BCUT2D eigenvalue weighted by molar-refractivity contribution is 0.609. The van der Waals surface area contributed by atoms with Crippen molar-refractivity contribution in [1.82, 2.24) is 0 Å². The van der Waals surface area contributed by atoms with E-state index in [2.05, 4.69) is 4.72 Å². The predicted molar refractivity (Wildman–Crippen MR) is 79.2 cm³/mol. The van der Waals surface area contributed by atoms with Crippen LogP contribution in [0.1, 0.15) is 11.1 Å². The molecule has 0 spiro atoms. The van der Waals surface area contributed by atoms with E-state index in [1.807, 2.05) is 24.3 Å². The van der Waals surface area contributed by atoms with Crippen LogP contribution in [0.15, 0.2) is 60.0 Å². The van der Waals surface area contributed by atoms with Crippen LogP contribution < -0.4 is 4.72 Å². The van der Waals surface area contributed by atoms with E-state index in [0.717, 1.165) is 11.0 Å². The van der Waals surface area contributed by atoms with Crippen molar-refractivity contribution in [2.75, 3.05) is 4.72 Å². The Balaban J connectivity index is 2.20. The Labute approximate surface area is 118 Å². The van der Waals surface area contributed by atoms with Gasteiger partial charge in [0.2, 0.25) is 0 Å². The van der Waals surface area contributed by atoms with Crippen molar-refractivity contribution in [2.24, 2.45) is 0 Å². The van der Waals surface area contributed by atoms with Crippen molar-refractivity contribution in [2.45, 2.75) is 0 Å². The Bertz CT molecular complexity index is 760. The van der Waals surface area contributed by atoms with Crippen LogP contribution in [0, 0.1) is 11.3 Å². The van der Waals surface area contributed by atoms with E-state index in [1.54, 1.807) is 36.4 Å². The predicted octanol–water partition coefficient (Wildman–Crippen LogP) is 2.97. The van der Waals surface area contributed by atoms with Crippen molar-refractivity contribution < 1.29 is 8.42 Å². The molecule has 0 amide bonds. The van der Waals surface area contributed by atoms with E-state index >= 15 is 0 Å². The van der Waals surface area contributed by atoms with Crippen molar-refractivity contribution in [3.8, 4) is 6.07 Å². The molecule has 0 aromatic heterocycles. The van der Waals surface area contributed by atoms with Gasteiger partial charge >= 0.3 is 0 Å². The van der Waals surface area contributed by atoms with Crippen molar-refractivity contribution in [3.63, 3.8) is 0 Å². The van der Waals surface area contributed by atoms with Crippen LogP contribution in [-0.2, 0) is 10.0 Å². The van der Waals surface area contributed by atoms with Gasteiger partial charge in [-0.3, -0.25) is 4.72 Å². The van der Waals surface area contributed by atoms with Gasteiger partial charge in [0.15, 0.2) is 0 Å². The summed E-state index contributed by atoms with van der Waals surface area (Å²) >= 11 is 0. The molecule has 4 nitrogen and oxygen atoms in total. The Morgan fingerprint density at radius 1 is 1.00 bits per heavy atom. The highest BCUT2D eigenvalue weighted by Crippen LogP contribution is 2.16. The van der Waals surface area contributed by atoms with Gasteiger partial charge in [-0.25, -0.2) is 8.42 Å². The van der Waals surface area contributed by atoms with Gasteiger partial charge in [-0.2, -0.15) is 5.26 Å². The highest BCUT2D eigenvalue weighted by Gasteiger charge is 2.08. The summed E-state index contributed by atoms with van der Waals surface area (Å²) in [6.07, 6.45) is 1.50. The molecule has 0 bridgehead atoms. The standard InChI is InChI=1S/C15H12N2O2S/c16-12-14-8-4-5-9-15(14)17-20(18,19)11-10-13-6-2-1-3-7-13/h1-11,17H/b11-10+. The molecule has 0 saturated heterocycles. The number of hydrogen-bond donors (Lipinski definition) is 1. The van der Waals surface area contributed by atoms with Gasteiger partial charge in [0.1, 0.15) is 6.07 Å². The first-order chi connectivity index (χ1) is 9.61. The zero-order valence-corrected chi connectivity index (χ0v) is 11.3. The Morgan fingerprint density at radius 2 is 1.65 bits per heavy atom. The fourth-order valence-corrected chi connectivity index (χ4v) is 2.48. The number of nitriles is 1. The second-order valence-electron chi connectivity index (χ2n) is 4.02. The van der Waals surface area contributed by atoms with Crippen molar-refractivity contribution in [1.29, 1.82) is 5.26 Å². The van der Waals surface area contributed by atoms with E-state index in [-0.39, 0.29) is 11.3 Å². The molecule has 0 aliphatic carbocycles. The van der Waals surface area contributed by atoms with E-state index in [0.29, 0.717) is 0 Å². The first-order valence-corrected chi connectivity index (χ1v) is 7.40. The zero-order valence-electron chi connectivity index (χ0n) is 10.5. The highest BCUT2D eigenvalue weighted by atomic mass is 32.2. The van der Waals surface area contributed by atoms with Crippen LogP contribution in [0.25, 0.3) is 6.08 Å². The second-order valence-corrected chi connectivity index (χ2v) is 5.58. The van der Waals surface area contributed by atoms with Crippen LogP contribution in [0.4, 0.5) is 5.69 Å². The van der Waals surface area contributed by atoms with Crippen LogP contribution >= 0.6 is 0 Å². The second kappa shape index (κ2) is 6.04. The topological polar surface area (TPSA) is 70.0 Å². The number of sulfonamides is 1. The summed E-state index contributed by atoms with van der Waals surface area (Å²) in [7, 11) is -3.65. The number of nitrogens with zero attached hydrogens (tertiary/aromatic N) is 1. The molecular weight excluding hydrogens is 272 g/mol. The molecule has 0 atom stereocenters. The fourth-order valence-electron chi connectivity index (χ4n) is 1.59.